The van der Waals surface area contributed by atoms with Crippen LogP contribution in [-0.2, 0) is 25.7 Å². The first-order valence-corrected chi connectivity index (χ1v) is 23.4. The van der Waals surface area contributed by atoms with Gasteiger partial charge in [0.15, 0.2) is 5.69 Å². The summed E-state index contributed by atoms with van der Waals surface area (Å²) in [6.45, 7) is 0. The van der Waals surface area contributed by atoms with Crippen LogP contribution in [0.4, 0.5) is 17.6 Å². The van der Waals surface area contributed by atoms with Crippen molar-refractivity contribution in [2.24, 2.45) is 5.73 Å². The van der Waals surface area contributed by atoms with E-state index in [9.17, 15) is 17.6 Å². The van der Waals surface area contributed by atoms with E-state index >= 15 is 0 Å². The highest BCUT2D eigenvalue weighted by Gasteiger charge is 2.17. The third kappa shape index (κ3) is 11.2. The normalized spacial score (nSPS) is 10.8. The number of rotatable bonds is 9. The van der Waals surface area contributed by atoms with Crippen LogP contribution in [0, 0.1) is 40.0 Å². The fraction of sp³-hybridized carbons (Fsp3) is 0.0741. The highest BCUT2D eigenvalue weighted by molar-refractivity contribution is 9.10. The molecule has 0 unspecified atom stereocenters. The van der Waals surface area contributed by atoms with Crippen LogP contribution in [0.3, 0.4) is 0 Å². The van der Waals surface area contributed by atoms with E-state index in [0.717, 1.165) is 21.5 Å². The Morgan fingerprint density at radius 1 is 0.486 bits per heavy atom. The zero-order valence-corrected chi connectivity index (χ0v) is 40.4. The number of benzene rings is 4. The fourth-order valence-corrected chi connectivity index (χ4v) is 8.32. The molecule has 0 bridgehead atoms. The molecule has 8 aromatic heterocycles. The van der Waals surface area contributed by atoms with Crippen molar-refractivity contribution >= 4 is 43.8 Å². The lowest BCUT2D eigenvalue weighted by Crippen LogP contribution is -2.12. The van der Waals surface area contributed by atoms with Gasteiger partial charge >= 0.3 is 0 Å². The summed E-state index contributed by atoms with van der Waals surface area (Å²) >= 11 is 3.38. The molecular weight excluding hydrogens is 1010 g/mol. The lowest BCUT2D eigenvalue weighted by Gasteiger charge is -2.01. The van der Waals surface area contributed by atoms with Crippen molar-refractivity contribution in [2.75, 3.05) is 0 Å². The van der Waals surface area contributed by atoms with Gasteiger partial charge in [0.2, 0.25) is 0 Å². The Balaban J connectivity index is 0.000000121. The maximum atomic E-state index is 13.7. The van der Waals surface area contributed by atoms with Gasteiger partial charge in [0.05, 0.1) is 22.7 Å². The molecule has 20 heteroatoms. The highest BCUT2D eigenvalue weighted by atomic mass is 79.9. The molecule has 0 spiro atoms. The molecule has 12 rings (SSSR count). The molecule has 0 saturated carbocycles. The minimum atomic E-state index is -0.287. The van der Waals surface area contributed by atoms with Gasteiger partial charge in [-0.05, 0) is 111 Å². The van der Waals surface area contributed by atoms with Crippen molar-refractivity contribution < 1.29 is 17.6 Å². The van der Waals surface area contributed by atoms with Crippen molar-refractivity contribution in [1.29, 1.82) is 10.7 Å². The number of nitriles is 1. The monoisotopic (exact) mass is 1050 g/mol. The predicted octanol–water partition coefficient (Wildman–Crippen LogP) is 9.76. The summed E-state index contributed by atoms with van der Waals surface area (Å²) in [5.41, 5.74) is 11.6. The molecular formula is C54H40BrF4N15. The second-order valence-electron chi connectivity index (χ2n) is 16.2. The molecule has 4 aromatic carbocycles. The maximum absolute atomic E-state index is 13.7. The molecule has 12 aromatic rings. The Kier molecular flexibility index (Phi) is 15.2. The number of hydrogen-bond donors (Lipinski definition) is 2. The van der Waals surface area contributed by atoms with Crippen molar-refractivity contribution in [2.45, 2.75) is 25.7 Å². The molecule has 0 radical (unpaired) electrons. The Morgan fingerprint density at radius 3 is 1.36 bits per heavy atom. The highest BCUT2D eigenvalue weighted by Crippen LogP contribution is 2.22. The minimum Gasteiger partial charge on any atom is -0.382 e. The van der Waals surface area contributed by atoms with Crippen molar-refractivity contribution in [3.63, 3.8) is 0 Å². The molecule has 3 N–H and O–H groups in total. The summed E-state index contributed by atoms with van der Waals surface area (Å²) in [5.74, 6) is 1.43. The topological polar surface area (TPSA) is 194 Å². The number of nitrogen functional groups attached to an aromatic ring is 1. The van der Waals surface area contributed by atoms with E-state index in [4.69, 9.17) is 16.4 Å². The number of aromatic nitrogens is 12. The standard InChI is InChI=1S/C14H12FN5.C14H9FN4.C13H9BrFN3.C13H10FN3/c15-10-5-2-1-4-9(10)8-12-19-13(14(16)17)11-6-3-7-18-20(11)12;15-11-5-2-1-4-10(11)8-14-18-12(9-16)13-6-3-7-17-19(13)14;14-13-11-6-3-7-16-18(11)12(17-13)8-9-4-1-2-5-10(9)15;14-12-6-2-1-4-10(12)8-13-15-9-11-5-3-7-16-17(11)13/h1-7H,8H2,(H3,16,17);1-7H,8H2;1-7H,8H2;1-7,9H,8H2. The van der Waals surface area contributed by atoms with E-state index < -0.39 is 0 Å². The van der Waals surface area contributed by atoms with Gasteiger partial charge in [0.25, 0.3) is 0 Å². The first kappa shape index (κ1) is 49.5. The van der Waals surface area contributed by atoms with Crippen LogP contribution < -0.4 is 5.73 Å². The Labute approximate surface area is 427 Å². The van der Waals surface area contributed by atoms with Crippen LogP contribution in [0.1, 0.15) is 56.9 Å². The van der Waals surface area contributed by atoms with E-state index in [2.05, 4.69) is 56.3 Å². The molecule has 0 aliphatic heterocycles. The number of fused-ring (bicyclic) bond motifs is 4. The van der Waals surface area contributed by atoms with E-state index in [-0.39, 0.29) is 35.5 Å². The number of amidine groups is 1. The summed E-state index contributed by atoms with van der Waals surface area (Å²) in [5, 5.41) is 33.4. The van der Waals surface area contributed by atoms with Gasteiger partial charge < -0.3 is 5.73 Å². The summed E-state index contributed by atoms with van der Waals surface area (Å²) < 4.78 is 61.8. The van der Waals surface area contributed by atoms with Crippen molar-refractivity contribution in [3.05, 3.63) is 261 Å². The Morgan fingerprint density at radius 2 is 0.878 bits per heavy atom. The number of nitrogens with two attached hydrogens (primary N) is 1. The van der Waals surface area contributed by atoms with Gasteiger partial charge in [0.1, 0.15) is 74.3 Å². The molecule has 8 heterocycles. The number of imidazole rings is 4. The minimum absolute atomic E-state index is 0.129. The summed E-state index contributed by atoms with van der Waals surface area (Å²) in [6.07, 6.45) is 9.79. The summed E-state index contributed by atoms with van der Waals surface area (Å²) in [7, 11) is 0. The SMILES string of the molecule is Fc1ccccc1Cc1nc(Br)c2cccnn12.Fc1ccccc1Cc1ncc2cccnn12.N#Cc1nc(Cc2ccccc2F)n2ncccc12.N=C(N)c1nc(Cc2ccccc2F)n2ncccc12. The molecule has 0 atom stereocenters. The average molecular weight is 1050 g/mol. The molecule has 0 fully saturated rings. The first-order valence-electron chi connectivity index (χ1n) is 22.7. The number of hydrogen-bond acceptors (Lipinski definition) is 10. The Hall–Kier alpha value is -9.48. The largest absolute Gasteiger partial charge is 0.382 e. The van der Waals surface area contributed by atoms with Gasteiger partial charge in [0, 0.05) is 50.5 Å². The van der Waals surface area contributed by atoms with Crippen LogP contribution in [-0.4, -0.2) is 64.2 Å². The lowest BCUT2D eigenvalue weighted by atomic mass is 10.1. The molecule has 74 heavy (non-hydrogen) atoms. The maximum Gasteiger partial charge on any atom is 0.168 e. The van der Waals surface area contributed by atoms with Gasteiger partial charge in [-0.2, -0.15) is 25.7 Å². The number of halogens is 5. The molecule has 0 saturated heterocycles. The van der Waals surface area contributed by atoms with Crippen molar-refractivity contribution in [3.8, 4) is 6.07 Å². The van der Waals surface area contributed by atoms with Crippen LogP contribution in [0.25, 0.3) is 22.1 Å². The lowest BCUT2D eigenvalue weighted by molar-refractivity contribution is 0.610. The van der Waals surface area contributed by atoms with Gasteiger partial charge in [-0.15, -0.1) is 0 Å². The van der Waals surface area contributed by atoms with Crippen LogP contribution >= 0.6 is 15.9 Å². The molecule has 0 aliphatic rings. The predicted molar refractivity (Wildman–Crippen MR) is 272 cm³/mol. The number of nitrogens with one attached hydrogen (secondary N) is 1. The van der Waals surface area contributed by atoms with E-state index in [0.29, 0.717) is 81.4 Å². The van der Waals surface area contributed by atoms with Crippen LogP contribution in [0.2, 0.25) is 0 Å². The first-order chi connectivity index (χ1) is 36.1. The van der Waals surface area contributed by atoms with Crippen molar-refractivity contribution in [1.82, 2.24) is 58.4 Å². The molecule has 0 aliphatic carbocycles. The molecule has 0 amide bonds. The van der Waals surface area contributed by atoms with E-state index in [1.165, 1.54) is 24.3 Å². The second-order valence-corrected chi connectivity index (χ2v) is 16.9. The third-order valence-corrected chi connectivity index (χ3v) is 11.9. The smallest absolute Gasteiger partial charge is 0.168 e. The molecule has 366 valence electrons. The van der Waals surface area contributed by atoms with Gasteiger partial charge in [-0.1, -0.05) is 72.8 Å². The summed E-state index contributed by atoms with van der Waals surface area (Å²) in [4.78, 5) is 17.2. The van der Waals surface area contributed by atoms with E-state index in [1.54, 1.807) is 134 Å². The van der Waals surface area contributed by atoms with E-state index in [1.807, 2.05) is 42.5 Å². The average Bonchev–Trinajstić information content (AvgIpc) is 4.20. The molecule has 15 nitrogen and oxygen atoms in total. The van der Waals surface area contributed by atoms with Gasteiger partial charge in [-0.3, -0.25) is 5.41 Å². The van der Waals surface area contributed by atoms with Crippen LogP contribution in [0.15, 0.2) is 181 Å². The second kappa shape index (κ2) is 22.7. The summed E-state index contributed by atoms with van der Waals surface area (Å²) in [6, 6.07) is 43.0. The van der Waals surface area contributed by atoms with Gasteiger partial charge in [-0.25, -0.2) is 55.6 Å². The quantitative estimate of drug-likeness (QED) is 0.0798. The zero-order chi connectivity index (χ0) is 51.6. The fourth-order valence-electron chi connectivity index (χ4n) is 7.82. The number of nitrogens with zero attached hydrogens (tertiary/aromatic N) is 13. The third-order valence-electron chi connectivity index (χ3n) is 11.3. The Bertz CT molecular complexity index is 3970. The zero-order valence-electron chi connectivity index (χ0n) is 38.9. The van der Waals surface area contributed by atoms with Crippen LogP contribution in [0.5, 0.6) is 0 Å².